The molecule has 4 rings (SSSR count). The predicted molar refractivity (Wildman–Crippen MR) is 123 cm³/mol. The van der Waals surface area contributed by atoms with Crippen LogP contribution in [-0.2, 0) is 15.9 Å². The van der Waals surface area contributed by atoms with Gasteiger partial charge in [0.05, 0.1) is 5.69 Å². The quantitative estimate of drug-likeness (QED) is 0.713. The van der Waals surface area contributed by atoms with Crippen LogP contribution in [0.1, 0.15) is 72.0 Å². The van der Waals surface area contributed by atoms with E-state index in [1.54, 1.807) is 9.42 Å². The molecule has 2 fully saturated rings. The van der Waals surface area contributed by atoms with Gasteiger partial charge in [0.1, 0.15) is 11.4 Å². The van der Waals surface area contributed by atoms with Crippen molar-refractivity contribution in [2.45, 2.75) is 84.3 Å². The average Bonchev–Trinajstić information content (AvgIpc) is 3.40. The molecule has 0 bridgehead atoms. The van der Waals surface area contributed by atoms with Gasteiger partial charge < -0.3 is 14.8 Å². The van der Waals surface area contributed by atoms with E-state index in [9.17, 15) is 4.79 Å². The number of fused-ring (bicyclic) bond motifs is 1. The molecule has 9 nitrogen and oxygen atoms in total. The van der Waals surface area contributed by atoms with Crippen molar-refractivity contribution >= 4 is 23.2 Å². The molecule has 176 valence electrons. The fourth-order valence-corrected chi connectivity index (χ4v) is 4.45. The third-order valence-electron chi connectivity index (χ3n) is 6.13. The lowest BCUT2D eigenvalue weighted by Gasteiger charge is -2.32. The molecule has 1 amide bonds. The second kappa shape index (κ2) is 9.60. The van der Waals surface area contributed by atoms with E-state index in [4.69, 9.17) is 14.6 Å². The number of carbonyl (C=O) groups excluding carboxylic acids is 1. The second-order valence-electron chi connectivity index (χ2n) is 9.89. The minimum atomic E-state index is -0.596. The molecule has 0 atom stereocenters. The summed E-state index contributed by atoms with van der Waals surface area (Å²) in [5, 5.41) is 17.1. The molecule has 0 spiro atoms. The first-order valence-corrected chi connectivity index (χ1v) is 11.9. The molecule has 0 radical (unpaired) electrons. The van der Waals surface area contributed by atoms with Gasteiger partial charge in [-0.1, -0.05) is 19.8 Å². The highest BCUT2D eigenvalue weighted by Gasteiger charge is 2.30. The molecule has 1 saturated heterocycles. The number of anilines is 2. The number of rotatable bonds is 6. The van der Waals surface area contributed by atoms with Crippen LogP contribution in [0.5, 0.6) is 0 Å². The Balaban J connectivity index is 1.74. The van der Waals surface area contributed by atoms with Crippen LogP contribution >= 0.6 is 0 Å². The van der Waals surface area contributed by atoms with Gasteiger partial charge in [0, 0.05) is 38.3 Å². The molecule has 0 unspecified atom stereocenters. The van der Waals surface area contributed by atoms with Crippen LogP contribution in [0.3, 0.4) is 0 Å². The summed E-state index contributed by atoms with van der Waals surface area (Å²) < 4.78 is 13.1. The Labute approximate surface area is 189 Å². The third-order valence-corrected chi connectivity index (χ3v) is 6.13. The van der Waals surface area contributed by atoms with E-state index in [2.05, 4.69) is 15.5 Å². The van der Waals surface area contributed by atoms with Gasteiger partial charge in [-0.2, -0.15) is 4.52 Å². The van der Waals surface area contributed by atoms with Crippen molar-refractivity contribution in [3.8, 4) is 0 Å². The van der Waals surface area contributed by atoms with Gasteiger partial charge in [0.15, 0.2) is 5.82 Å². The largest absolute Gasteiger partial charge is 0.443 e. The molecule has 2 aliphatic rings. The van der Waals surface area contributed by atoms with Crippen LogP contribution in [-0.4, -0.2) is 57.3 Å². The van der Waals surface area contributed by atoms with E-state index in [-0.39, 0.29) is 6.09 Å². The SMILES string of the molecule is CCc1nnc2c(N(CC3CCOCC3)C(=O)OC(C)(C)C)cc(NC3CCCC3)nn12. The Morgan fingerprint density at radius 2 is 1.94 bits per heavy atom. The molecule has 1 aliphatic heterocycles. The average molecular weight is 445 g/mol. The Morgan fingerprint density at radius 1 is 1.22 bits per heavy atom. The maximum atomic E-state index is 13.4. The molecule has 1 aliphatic carbocycles. The summed E-state index contributed by atoms with van der Waals surface area (Å²) in [4.78, 5) is 15.1. The summed E-state index contributed by atoms with van der Waals surface area (Å²) in [7, 11) is 0. The lowest BCUT2D eigenvalue weighted by Crippen LogP contribution is -2.41. The van der Waals surface area contributed by atoms with Gasteiger partial charge in [-0.15, -0.1) is 15.3 Å². The number of ether oxygens (including phenoxy) is 2. The monoisotopic (exact) mass is 444 g/mol. The minimum absolute atomic E-state index is 0.337. The smallest absolute Gasteiger partial charge is 0.414 e. The molecule has 0 aromatic carbocycles. The number of amides is 1. The second-order valence-corrected chi connectivity index (χ2v) is 9.89. The topological polar surface area (TPSA) is 93.9 Å². The Bertz CT molecular complexity index is 926. The number of hydrogen-bond donors (Lipinski definition) is 1. The fraction of sp³-hybridized carbons (Fsp3) is 0.739. The van der Waals surface area contributed by atoms with Crippen LogP contribution in [0.2, 0.25) is 0 Å². The maximum absolute atomic E-state index is 13.4. The first-order chi connectivity index (χ1) is 15.3. The highest BCUT2D eigenvalue weighted by Crippen LogP contribution is 2.30. The molecule has 2 aromatic rings. The summed E-state index contributed by atoms with van der Waals surface area (Å²) in [5.41, 5.74) is 0.673. The highest BCUT2D eigenvalue weighted by molar-refractivity contribution is 5.93. The van der Waals surface area contributed by atoms with Gasteiger partial charge in [-0.05, 0) is 52.4 Å². The molecular formula is C23H36N6O3. The molecule has 3 heterocycles. The Morgan fingerprint density at radius 3 is 2.59 bits per heavy atom. The van der Waals surface area contributed by atoms with Gasteiger partial charge in [0.2, 0.25) is 5.65 Å². The minimum Gasteiger partial charge on any atom is -0.443 e. The van der Waals surface area contributed by atoms with Crippen LogP contribution in [0.25, 0.3) is 5.65 Å². The summed E-state index contributed by atoms with van der Waals surface area (Å²) in [6.07, 6.45) is 6.89. The van der Waals surface area contributed by atoms with Crippen molar-refractivity contribution in [2.75, 3.05) is 30.0 Å². The normalized spacial score (nSPS) is 18.2. The molecule has 32 heavy (non-hydrogen) atoms. The zero-order valence-electron chi connectivity index (χ0n) is 19.8. The van der Waals surface area contributed by atoms with Crippen molar-refractivity contribution in [3.63, 3.8) is 0 Å². The first kappa shape index (κ1) is 22.8. The lowest BCUT2D eigenvalue weighted by atomic mass is 9.99. The van der Waals surface area contributed by atoms with E-state index < -0.39 is 5.60 Å². The van der Waals surface area contributed by atoms with Crippen LogP contribution in [0.4, 0.5) is 16.3 Å². The summed E-state index contributed by atoms with van der Waals surface area (Å²) in [5.74, 6) is 1.85. The molecule has 9 heteroatoms. The van der Waals surface area contributed by atoms with Crippen LogP contribution < -0.4 is 10.2 Å². The maximum Gasteiger partial charge on any atom is 0.414 e. The van der Waals surface area contributed by atoms with E-state index in [0.29, 0.717) is 36.3 Å². The number of nitrogens with one attached hydrogen (secondary N) is 1. The zero-order valence-corrected chi connectivity index (χ0v) is 19.8. The highest BCUT2D eigenvalue weighted by atomic mass is 16.6. The van der Waals surface area contributed by atoms with E-state index in [1.807, 2.05) is 33.8 Å². The number of nitrogens with zero attached hydrogens (tertiary/aromatic N) is 5. The number of hydrogen-bond acceptors (Lipinski definition) is 7. The Kier molecular flexibility index (Phi) is 6.83. The standard InChI is InChI=1S/C23H36N6O3/c1-5-20-25-26-21-18(14-19(27-29(20)21)24-17-8-6-7-9-17)28(22(30)32-23(2,3)4)15-16-10-12-31-13-11-16/h14,16-17H,5-13,15H2,1-4H3,(H,24,27). The van der Waals surface area contributed by atoms with Crippen molar-refractivity contribution in [3.05, 3.63) is 11.9 Å². The van der Waals surface area contributed by atoms with Crippen LogP contribution in [0.15, 0.2) is 6.07 Å². The molecule has 2 aromatic heterocycles. The lowest BCUT2D eigenvalue weighted by molar-refractivity contribution is 0.0515. The first-order valence-electron chi connectivity index (χ1n) is 11.9. The van der Waals surface area contributed by atoms with E-state index >= 15 is 0 Å². The van der Waals surface area contributed by atoms with Crippen molar-refractivity contribution < 1.29 is 14.3 Å². The fourth-order valence-electron chi connectivity index (χ4n) is 4.45. The van der Waals surface area contributed by atoms with Gasteiger partial charge in [0.25, 0.3) is 0 Å². The zero-order chi connectivity index (χ0) is 22.7. The van der Waals surface area contributed by atoms with Gasteiger partial charge in [-0.3, -0.25) is 4.90 Å². The number of carbonyl (C=O) groups is 1. The van der Waals surface area contributed by atoms with Gasteiger partial charge in [-0.25, -0.2) is 4.79 Å². The summed E-state index contributed by atoms with van der Waals surface area (Å²) in [6.45, 7) is 9.69. The van der Waals surface area contributed by atoms with E-state index in [0.717, 1.165) is 50.5 Å². The van der Waals surface area contributed by atoms with Gasteiger partial charge >= 0.3 is 6.09 Å². The molecule has 1 N–H and O–H groups in total. The van der Waals surface area contributed by atoms with E-state index in [1.165, 1.54) is 12.8 Å². The molecular weight excluding hydrogens is 408 g/mol. The molecule has 1 saturated carbocycles. The Hall–Kier alpha value is -2.42. The van der Waals surface area contributed by atoms with Crippen LogP contribution in [0, 0.1) is 5.92 Å². The third kappa shape index (κ3) is 5.31. The van der Waals surface area contributed by atoms with Crippen molar-refractivity contribution in [1.29, 1.82) is 0 Å². The van der Waals surface area contributed by atoms with Crippen molar-refractivity contribution in [1.82, 2.24) is 19.8 Å². The number of aromatic nitrogens is 4. The predicted octanol–water partition coefficient (Wildman–Crippen LogP) is 4.21. The number of aryl methyl sites for hydroxylation is 1. The van der Waals surface area contributed by atoms with Crippen molar-refractivity contribution in [2.24, 2.45) is 5.92 Å². The summed E-state index contributed by atoms with van der Waals surface area (Å²) in [6, 6.07) is 2.34. The summed E-state index contributed by atoms with van der Waals surface area (Å²) >= 11 is 0.